The lowest BCUT2D eigenvalue weighted by Crippen LogP contribution is -2.53. The summed E-state index contributed by atoms with van der Waals surface area (Å²) >= 11 is 0. The molecule has 5 nitrogen and oxygen atoms in total. The van der Waals surface area contributed by atoms with Crippen LogP contribution in [0.2, 0.25) is 0 Å². The molecule has 1 heterocycles. The van der Waals surface area contributed by atoms with Gasteiger partial charge in [-0.25, -0.2) is 0 Å². The first kappa shape index (κ1) is 14.3. The van der Waals surface area contributed by atoms with Crippen LogP contribution in [0.4, 0.5) is 0 Å². The Bertz CT molecular complexity index is 364. The zero-order chi connectivity index (χ0) is 13.8. The van der Waals surface area contributed by atoms with Crippen LogP contribution in [-0.4, -0.2) is 48.8 Å². The Morgan fingerprint density at radius 2 is 2.32 bits per heavy atom. The highest BCUT2D eigenvalue weighted by Crippen LogP contribution is 2.35. The molecule has 0 bridgehead atoms. The smallest absolute Gasteiger partial charge is 0.237 e. The maximum absolute atomic E-state index is 11.9. The average Bonchev–Trinajstić information content (AvgIpc) is 2.79. The van der Waals surface area contributed by atoms with Gasteiger partial charge in [0.1, 0.15) is 6.42 Å². The molecule has 3 atom stereocenters. The zero-order valence-corrected chi connectivity index (χ0v) is 11.7. The fourth-order valence-electron chi connectivity index (χ4n) is 3.03. The number of nitriles is 1. The maximum Gasteiger partial charge on any atom is 0.237 e. The van der Waals surface area contributed by atoms with Crippen molar-refractivity contribution in [3.63, 3.8) is 0 Å². The molecule has 2 aliphatic rings. The van der Waals surface area contributed by atoms with Crippen LogP contribution in [-0.2, 0) is 14.3 Å². The number of fused-ring (bicyclic) bond motifs is 1. The lowest BCUT2D eigenvalue weighted by atomic mass is 10.0. The lowest BCUT2D eigenvalue weighted by Gasteiger charge is -2.39. The van der Waals surface area contributed by atoms with Gasteiger partial charge in [0.15, 0.2) is 0 Å². The van der Waals surface area contributed by atoms with Crippen molar-refractivity contribution < 1.29 is 14.3 Å². The third-order valence-corrected chi connectivity index (χ3v) is 3.91. The molecule has 1 aliphatic carbocycles. The van der Waals surface area contributed by atoms with Gasteiger partial charge in [0.2, 0.25) is 5.91 Å². The molecule has 2 rings (SSSR count). The van der Waals surface area contributed by atoms with E-state index in [4.69, 9.17) is 14.7 Å². The molecule has 0 aromatic rings. The molecule has 1 amide bonds. The van der Waals surface area contributed by atoms with Crippen molar-refractivity contribution >= 4 is 5.91 Å². The highest BCUT2D eigenvalue weighted by molar-refractivity contribution is 5.78. The topological polar surface area (TPSA) is 62.6 Å². The summed E-state index contributed by atoms with van der Waals surface area (Å²) in [5.74, 6) is 0.302. The van der Waals surface area contributed by atoms with Gasteiger partial charge in [-0.1, -0.05) is 0 Å². The standard InChI is InChI=1S/C14H22N2O3/c1-10(2)19-9-11-3-4-12-14(11)18-8-7-16(12)13(17)5-6-15/h10-12,14H,3-5,7-9H2,1-2H3. The zero-order valence-electron chi connectivity index (χ0n) is 11.7. The quantitative estimate of drug-likeness (QED) is 0.770. The van der Waals surface area contributed by atoms with Crippen LogP contribution in [0.25, 0.3) is 0 Å². The van der Waals surface area contributed by atoms with Crippen LogP contribution < -0.4 is 0 Å². The summed E-state index contributed by atoms with van der Waals surface area (Å²) in [6.07, 6.45) is 2.25. The largest absolute Gasteiger partial charge is 0.378 e. The van der Waals surface area contributed by atoms with Crippen molar-refractivity contribution in [2.24, 2.45) is 5.92 Å². The molecule has 5 heteroatoms. The summed E-state index contributed by atoms with van der Waals surface area (Å²) < 4.78 is 11.5. The van der Waals surface area contributed by atoms with Crippen LogP contribution in [0.15, 0.2) is 0 Å². The number of hydrogen-bond acceptors (Lipinski definition) is 4. The Labute approximate surface area is 114 Å². The van der Waals surface area contributed by atoms with Crippen molar-refractivity contribution in [1.29, 1.82) is 5.26 Å². The first-order chi connectivity index (χ1) is 9.13. The number of ether oxygens (including phenoxy) is 2. The Morgan fingerprint density at radius 1 is 1.53 bits per heavy atom. The molecule has 19 heavy (non-hydrogen) atoms. The van der Waals surface area contributed by atoms with E-state index >= 15 is 0 Å². The van der Waals surface area contributed by atoms with E-state index in [0.29, 0.717) is 25.7 Å². The molecule has 106 valence electrons. The second-order valence-electron chi connectivity index (χ2n) is 5.54. The van der Waals surface area contributed by atoms with Crippen molar-refractivity contribution in [2.45, 2.75) is 51.4 Å². The van der Waals surface area contributed by atoms with E-state index in [0.717, 1.165) is 12.8 Å². The van der Waals surface area contributed by atoms with E-state index in [9.17, 15) is 4.79 Å². The van der Waals surface area contributed by atoms with Gasteiger partial charge in [0.05, 0.1) is 37.5 Å². The monoisotopic (exact) mass is 266 g/mol. The Hall–Kier alpha value is -1.12. The van der Waals surface area contributed by atoms with E-state index < -0.39 is 0 Å². The number of amides is 1. The van der Waals surface area contributed by atoms with E-state index in [1.54, 1.807) is 0 Å². The molecule has 2 fully saturated rings. The van der Waals surface area contributed by atoms with Crippen molar-refractivity contribution in [1.82, 2.24) is 4.90 Å². The minimum absolute atomic E-state index is 0.0314. The van der Waals surface area contributed by atoms with Gasteiger partial charge in [-0.2, -0.15) is 5.26 Å². The number of carbonyl (C=O) groups is 1. The van der Waals surface area contributed by atoms with Gasteiger partial charge in [0, 0.05) is 12.5 Å². The number of morpholine rings is 1. The average molecular weight is 266 g/mol. The first-order valence-electron chi connectivity index (χ1n) is 7.03. The Morgan fingerprint density at radius 3 is 3.00 bits per heavy atom. The molecular formula is C14H22N2O3. The highest BCUT2D eigenvalue weighted by Gasteiger charge is 2.44. The summed E-state index contributed by atoms with van der Waals surface area (Å²) in [5, 5.41) is 8.66. The second kappa shape index (κ2) is 6.36. The fourth-order valence-corrected chi connectivity index (χ4v) is 3.03. The molecule has 1 saturated carbocycles. The minimum atomic E-state index is -0.0637. The molecule has 0 radical (unpaired) electrons. The summed E-state index contributed by atoms with van der Waals surface area (Å²) in [5.41, 5.74) is 0. The molecule has 1 aliphatic heterocycles. The van der Waals surface area contributed by atoms with E-state index in [2.05, 4.69) is 0 Å². The summed E-state index contributed by atoms with van der Waals surface area (Å²) in [7, 11) is 0. The predicted molar refractivity (Wildman–Crippen MR) is 69.3 cm³/mol. The predicted octanol–water partition coefficient (Wildman–Crippen LogP) is 1.33. The Kier molecular flexibility index (Phi) is 4.78. The van der Waals surface area contributed by atoms with Gasteiger partial charge in [0.25, 0.3) is 0 Å². The molecule has 3 unspecified atom stereocenters. The molecular weight excluding hydrogens is 244 g/mol. The fraction of sp³-hybridized carbons (Fsp3) is 0.857. The van der Waals surface area contributed by atoms with Crippen molar-refractivity contribution in [2.75, 3.05) is 19.8 Å². The third kappa shape index (κ3) is 3.26. The third-order valence-electron chi connectivity index (χ3n) is 3.91. The summed E-state index contributed by atoms with van der Waals surface area (Å²) in [6, 6.07) is 2.07. The number of nitrogens with zero attached hydrogens (tertiary/aromatic N) is 2. The number of hydrogen-bond donors (Lipinski definition) is 0. The molecule has 0 spiro atoms. The van der Waals surface area contributed by atoms with Gasteiger partial charge < -0.3 is 14.4 Å². The summed E-state index contributed by atoms with van der Waals surface area (Å²) in [4.78, 5) is 13.8. The number of rotatable bonds is 4. The molecule has 0 N–H and O–H groups in total. The van der Waals surface area contributed by atoms with Crippen LogP contribution in [0.1, 0.15) is 33.1 Å². The highest BCUT2D eigenvalue weighted by atomic mass is 16.5. The minimum Gasteiger partial charge on any atom is -0.378 e. The SMILES string of the molecule is CC(C)OCC1CCC2C1OCCN2C(=O)CC#N. The van der Waals surface area contributed by atoms with Gasteiger partial charge >= 0.3 is 0 Å². The van der Waals surface area contributed by atoms with Crippen molar-refractivity contribution in [3.05, 3.63) is 0 Å². The summed E-state index contributed by atoms with van der Waals surface area (Å²) in [6.45, 7) is 5.92. The van der Waals surface area contributed by atoms with Crippen LogP contribution in [0.3, 0.4) is 0 Å². The van der Waals surface area contributed by atoms with Crippen molar-refractivity contribution in [3.8, 4) is 6.07 Å². The maximum atomic E-state index is 11.9. The van der Waals surface area contributed by atoms with Crippen LogP contribution >= 0.6 is 0 Å². The van der Waals surface area contributed by atoms with E-state index in [1.165, 1.54) is 0 Å². The second-order valence-corrected chi connectivity index (χ2v) is 5.54. The lowest BCUT2D eigenvalue weighted by molar-refractivity contribution is -0.146. The van der Waals surface area contributed by atoms with Crippen LogP contribution in [0, 0.1) is 17.2 Å². The van der Waals surface area contributed by atoms with Gasteiger partial charge in [-0.15, -0.1) is 0 Å². The molecule has 0 aromatic heterocycles. The Balaban J connectivity index is 1.96. The van der Waals surface area contributed by atoms with Crippen LogP contribution in [0.5, 0.6) is 0 Å². The molecule has 1 saturated heterocycles. The van der Waals surface area contributed by atoms with E-state index in [1.807, 2.05) is 24.8 Å². The van der Waals surface area contributed by atoms with E-state index in [-0.39, 0.29) is 30.6 Å². The normalized spacial score (nSPS) is 30.2. The molecule has 0 aromatic carbocycles. The number of carbonyl (C=O) groups excluding carboxylic acids is 1. The van der Waals surface area contributed by atoms with Gasteiger partial charge in [-0.05, 0) is 26.7 Å². The first-order valence-corrected chi connectivity index (χ1v) is 7.03. The van der Waals surface area contributed by atoms with Gasteiger partial charge in [-0.3, -0.25) is 4.79 Å².